The van der Waals surface area contributed by atoms with E-state index in [0.717, 1.165) is 11.1 Å². The first-order chi connectivity index (χ1) is 15.0. The number of nitro benzene ring substituents is 1. The summed E-state index contributed by atoms with van der Waals surface area (Å²) >= 11 is 0. The summed E-state index contributed by atoms with van der Waals surface area (Å²) in [6, 6.07) is 20.9. The largest absolute Gasteiger partial charge is 0.493 e. The fourth-order valence-electron chi connectivity index (χ4n) is 2.76. The average molecular weight is 419 g/mol. The molecule has 0 unspecified atom stereocenters. The SMILES string of the molecule is COc1cc(C=NNC(=O)Cc2ccc([N+](=O)[O-])cc2)ccc1OCc1ccccc1. The van der Waals surface area contributed by atoms with Crippen LogP contribution in [0, 0.1) is 10.1 Å². The van der Waals surface area contributed by atoms with Crippen LogP contribution in [0.3, 0.4) is 0 Å². The molecule has 3 rings (SSSR count). The third-order valence-electron chi connectivity index (χ3n) is 4.34. The zero-order valence-corrected chi connectivity index (χ0v) is 16.9. The van der Waals surface area contributed by atoms with Gasteiger partial charge in [-0.3, -0.25) is 14.9 Å². The Bertz CT molecular complexity index is 1070. The third-order valence-corrected chi connectivity index (χ3v) is 4.34. The molecule has 8 nitrogen and oxygen atoms in total. The standard InChI is InChI=1S/C23H21N3O5/c1-30-22-13-19(9-12-21(22)31-16-18-5-3-2-4-6-18)15-24-25-23(27)14-17-7-10-20(11-8-17)26(28)29/h2-13,15H,14,16H2,1H3,(H,25,27). The molecule has 0 saturated carbocycles. The fourth-order valence-corrected chi connectivity index (χ4v) is 2.76. The van der Waals surface area contributed by atoms with Crippen LogP contribution < -0.4 is 14.9 Å². The molecule has 1 amide bonds. The van der Waals surface area contributed by atoms with Gasteiger partial charge in [0.2, 0.25) is 5.91 Å². The van der Waals surface area contributed by atoms with Gasteiger partial charge in [-0.1, -0.05) is 42.5 Å². The van der Waals surface area contributed by atoms with Crippen molar-refractivity contribution in [2.75, 3.05) is 7.11 Å². The van der Waals surface area contributed by atoms with Crippen LogP contribution in [0.15, 0.2) is 77.9 Å². The molecule has 158 valence electrons. The Balaban J connectivity index is 1.55. The number of hydrogen-bond acceptors (Lipinski definition) is 6. The van der Waals surface area contributed by atoms with Gasteiger partial charge in [0.1, 0.15) is 6.61 Å². The lowest BCUT2D eigenvalue weighted by Gasteiger charge is -2.11. The molecule has 0 atom stereocenters. The van der Waals surface area contributed by atoms with Crippen molar-refractivity contribution in [1.82, 2.24) is 5.43 Å². The zero-order valence-electron chi connectivity index (χ0n) is 16.9. The van der Waals surface area contributed by atoms with E-state index in [2.05, 4.69) is 10.5 Å². The molecule has 0 aliphatic carbocycles. The molecule has 0 bridgehead atoms. The molecule has 3 aromatic carbocycles. The maximum absolute atomic E-state index is 12.0. The predicted octanol–water partition coefficient (Wildman–Crippen LogP) is 3.88. The number of nitro groups is 1. The second-order valence-electron chi connectivity index (χ2n) is 6.58. The highest BCUT2D eigenvalue weighted by molar-refractivity contribution is 5.84. The van der Waals surface area contributed by atoms with E-state index in [1.165, 1.54) is 18.3 Å². The number of carbonyl (C=O) groups is 1. The summed E-state index contributed by atoms with van der Waals surface area (Å²) in [6.07, 6.45) is 1.56. The molecule has 0 fully saturated rings. The number of amides is 1. The first-order valence-electron chi connectivity index (χ1n) is 9.45. The first-order valence-corrected chi connectivity index (χ1v) is 9.45. The number of hydrogen-bond donors (Lipinski definition) is 1. The molecule has 0 spiro atoms. The van der Waals surface area contributed by atoms with E-state index in [-0.39, 0.29) is 18.0 Å². The molecule has 0 aromatic heterocycles. The van der Waals surface area contributed by atoms with Gasteiger partial charge in [0.05, 0.1) is 24.7 Å². The van der Waals surface area contributed by atoms with Crippen molar-refractivity contribution in [2.24, 2.45) is 5.10 Å². The van der Waals surface area contributed by atoms with E-state index in [9.17, 15) is 14.9 Å². The quantitative estimate of drug-likeness (QED) is 0.322. The monoisotopic (exact) mass is 419 g/mol. The molecule has 1 N–H and O–H groups in total. The number of rotatable bonds is 9. The Morgan fingerprint density at radius 2 is 1.77 bits per heavy atom. The van der Waals surface area contributed by atoms with Crippen molar-refractivity contribution in [3.8, 4) is 11.5 Å². The van der Waals surface area contributed by atoms with Crippen LogP contribution >= 0.6 is 0 Å². The van der Waals surface area contributed by atoms with Crippen LogP contribution in [0.2, 0.25) is 0 Å². The smallest absolute Gasteiger partial charge is 0.269 e. The minimum atomic E-state index is -0.486. The summed E-state index contributed by atoms with van der Waals surface area (Å²) in [5, 5.41) is 14.6. The number of benzene rings is 3. The molecule has 8 heteroatoms. The molecule has 0 aliphatic rings. The number of nitrogens with zero attached hydrogens (tertiary/aromatic N) is 2. The Labute approximate surface area is 179 Å². The Hall–Kier alpha value is -4.20. The normalized spacial score (nSPS) is 10.6. The Morgan fingerprint density at radius 3 is 2.45 bits per heavy atom. The van der Waals surface area contributed by atoms with Gasteiger partial charge in [-0.2, -0.15) is 5.10 Å². The molecule has 0 saturated heterocycles. The van der Waals surface area contributed by atoms with Crippen molar-refractivity contribution in [3.05, 3.63) is 99.6 Å². The second kappa shape index (κ2) is 10.5. The lowest BCUT2D eigenvalue weighted by Crippen LogP contribution is -2.19. The number of non-ortho nitro benzene ring substituents is 1. The summed E-state index contributed by atoms with van der Waals surface area (Å²) in [6.45, 7) is 0.420. The molecule has 0 radical (unpaired) electrons. The minimum Gasteiger partial charge on any atom is -0.493 e. The van der Waals surface area contributed by atoms with Gasteiger partial charge in [-0.25, -0.2) is 5.43 Å². The van der Waals surface area contributed by atoms with Crippen LogP contribution in [0.1, 0.15) is 16.7 Å². The minimum absolute atomic E-state index is 0.0210. The van der Waals surface area contributed by atoms with Crippen LogP contribution in [0.25, 0.3) is 0 Å². The fraction of sp³-hybridized carbons (Fsp3) is 0.130. The van der Waals surface area contributed by atoms with Crippen molar-refractivity contribution in [3.63, 3.8) is 0 Å². The summed E-state index contributed by atoms with van der Waals surface area (Å²) in [5.74, 6) is 0.822. The summed E-state index contributed by atoms with van der Waals surface area (Å²) in [4.78, 5) is 22.2. The van der Waals surface area contributed by atoms with E-state index in [1.807, 2.05) is 30.3 Å². The summed E-state index contributed by atoms with van der Waals surface area (Å²) in [7, 11) is 1.55. The topological polar surface area (TPSA) is 103 Å². The van der Waals surface area contributed by atoms with Crippen LogP contribution in [0.5, 0.6) is 11.5 Å². The highest BCUT2D eigenvalue weighted by atomic mass is 16.6. The number of carbonyl (C=O) groups excluding carboxylic acids is 1. The van der Waals surface area contributed by atoms with Gasteiger partial charge in [0, 0.05) is 12.1 Å². The lowest BCUT2D eigenvalue weighted by atomic mass is 10.1. The maximum atomic E-state index is 12.0. The van der Waals surface area contributed by atoms with Gasteiger partial charge in [-0.15, -0.1) is 0 Å². The van der Waals surface area contributed by atoms with E-state index in [1.54, 1.807) is 37.4 Å². The van der Waals surface area contributed by atoms with Crippen molar-refractivity contribution >= 4 is 17.8 Å². The Kier molecular flexibility index (Phi) is 7.31. The summed E-state index contributed by atoms with van der Waals surface area (Å²) < 4.78 is 11.2. The molecule has 0 aliphatic heterocycles. The number of hydrazone groups is 1. The molecule has 0 heterocycles. The maximum Gasteiger partial charge on any atom is 0.269 e. The van der Waals surface area contributed by atoms with Crippen LogP contribution in [0.4, 0.5) is 5.69 Å². The van der Waals surface area contributed by atoms with Gasteiger partial charge in [0.15, 0.2) is 11.5 Å². The van der Waals surface area contributed by atoms with Crippen molar-refractivity contribution in [2.45, 2.75) is 13.0 Å². The average Bonchev–Trinajstić information content (AvgIpc) is 2.79. The van der Waals surface area contributed by atoms with E-state index in [0.29, 0.717) is 23.7 Å². The van der Waals surface area contributed by atoms with Gasteiger partial charge in [-0.05, 0) is 34.9 Å². The number of ether oxygens (including phenoxy) is 2. The summed E-state index contributed by atoms with van der Waals surface area (Å²) in [5.41, 5.74) is 4.84. The third kappa shape index (κ3) is 6.40. The second-order valence-corrected chi connectivity index (χ2v) is 6.58. The number of nitrogens with one attached hydrogen (secondary N) is 1. The Morgan fingerprint density at radius 1 is 1.03 bits per heavy atom. The zero-order chi connectivity index (χ0) is 22.1. The van der Waals surface area contributed by atoms with Gasteiger partial charge >= 0.3 is 0 Å². The molecule has 31 heavy (non-hydrogen) atoms. The van der Waals surface area contributed by atoms with Gasteiger partial charge < -0.3 is 9.47 Å². The van der Waals surface area contributed by atoms with Gasteiger partial charge in [0.25, 0.3) is 5.69 Å². The predicted molar refractivity (Wildman–Crippen MR) is 116 cm³/mol. The highest BCUT2D eigenvalue weighted by Gasteiger charge is 2.08. The lowest BCUT2D eigenvalue weighted by molar-refractivity contribution is -0.384. The van der Waals surface area contributed by atoms with Crippen molar-refractivity contribution < 1.29 is 19.2 Å². The van der Waals surface area contributed by atoms with E-state index in [4.69, 9.17) is 9.47 Å². The van der Waals surface area contributed by atoms with E-state index >= 15 is 0 Å². The molecular formula is C23H21N3O5. The van der Waals surface area contributed by atoms with Crippen LogP contribution in [-0.4, -0.2) is 24.2 Å². The highest BCUT2D eigenvalue weighted by Crippen LogP contribution is 2.28. The van der Waals surface area contributed by atoms with E-state index < -0.39 is 4.92 Å². The van der Waals surface area contributed by atoms with Crippen molar-refractivity contribution in [1.29, 1.82) is 0 Å². The van der Waals surface area contributed by atoms with Crippen LogP contribution in [-0.2, 0) is 17.8 Å². The first kappa shape index (κ1) is 21.5. The molecular weight excluding hydrogens is 398 g/mol. The number of methoxy groups -OCH3 is 1. The molecule has 3 aromatic rings.